The van der Waals surface area contributed by atoms with Crippen molar-refractivity contribution in [2.45, 2.75) is 11.7 Å². The number of likely N-dealkylation sites (tertiary alicyclic amines) is 1. The van der Waals surface area contributed by atoms with E-state index in [2.05, 4.69) is 0 Å². The lowest BCUT2D eigenvalue weighted by molar-refractivity contribution is -0.384. The van der Waals surface area contributed by atoms with Gasteiger partial charge in [-0.05, 0) is 12.5 Å². The van der Waals surface area contributed by atoms with Gasteiger partial charge in [0.2, 0.25) is 0 Å². The summed E-state index contributed by atoms with van der Waals surface area (Å²) in [4.78, 5) is 23.8. The van der Waals surface area contributed by atoms with E-state index in [1.54, 1.807) is 0 Å². The standard InChI is InChI=1S/C12H13ClN2O5S/c1-21(19,20)9-4-5-14(7-9)12(16)10-6-8(15(17)18)2-3-11(10)13/h2-3,6,9H,4-5,7H2,1H3. The first-order chi connectivity index (χ1) is 9.70. The molecule has 2 rings (SSSR count). The summed E-state index contributed by atoms with van der Waals surface area (Å²) in [5, 5.41) is 10.3. The van der Waals surface area contributed by atoms with Gasteiger partial charge < -0.3 is 4.90 Å². The summed E-state index contributed by atoms with van der Waals surface area (Å²) in [6, 6.07) is 3.61. The van der Waals surface area contributed by atoms with Crippen molar-refractivity contribution >= 4 is 33.0 Å². The van der Waals surface area contributed by atoms with Crippen LogP contribution >= 0.6 is 11.6 Å². The normalized spacial score (nSPS) is 18.8. The van der Waals surface area contributed by atoms with E-state index in [9.17, 15) is 23.3 Å². The van der Waals surface area contributed by atoms with E-state index in [1.807, 2.05) is 0 Å². The van der Waals surface area contributed by atoms with Crippen LogP contribution in [0.5, 0.6) is 0 Å². The Balaban J connectivity index is 2.26. The van der Waals surface area contributed by atoms with E-state index in [0.29, 0.717) is 6.42 Å². The highest BCUT2D eigenvalue weighted by molar-refractivity contribution is 7.91. The Bertz CT molecular complexity index is 704. The highest BCUT2D eigenvalue weighted by Crippen LogP contribution is 2.26. The lowest BCUT2D eigenvalue weighted by Crippen LogP contribution is -2.31. The van der Waals surface area contributed by atoms with Gasteiger partial charge in [-0.3, -0.25) is 14.9 Å². The Morgan fingerprint density at radius 1 is 1.48 bits per heavy atom. The van der Waals surface area contributed by atoms with Crippen LogP contribution < -0.4 is 0 Å². The monoisotopic (exact) mass is 332 g/mol. The number of benzene rings is 1. The fourth-order valence-electron chi connectivity index (χ4n) is 2.22. The molecule has 1 heterocycles. The zero-order chi connectivity index (χ0) is 15.8. The van der Waals surface area contributed by atoms with Crippen molar-refractivity contribution in [3.8, 4) is 0 Å². The van der Waals surface area contributed by atoms with Crippen LogP contribution in [0.25, 0.3) is 0 Å². The van der Waals surface area contributed by atoms with Crippen LogP contribution in [0.15, 0.2) is 18.2 Å². The van der Waals surface area contributed by atoms with Gasteiger partial charge in [0.25, 0.3) is 11.6 Å². The second-order valence-corrected chi connectivity index (χ2v) is 7.65. The molecule has 0 aliphatic carbocycles. The lowest BCUT2D eigenvalue weighted by Gasteiger charge is -2.16. The molecule has 1 unspecified atom stereocenters. The number of halogens is 1. The van der Waals surface area contributed by atoms with Gasteiger partial charge in [-0.25, -0.2) is 8.42 Å². The summed E-state index contributed by atoms with van der Waals surface area (Å²) in [5.41, 5.74) is -0.221. The maximum atomic E-state index is 12.3. The van der Waals surface area contributed by atoms with Crippen LogP contribution in [0.4, 0.5) is 5.69 Å². The molecular weight excluding hydrogens is 320 g/mol. The third-order valence-corrected chi connectivity index (χ3v) is 5.35. The molecule has 0 spiro atoms. The first kappa shape index (κ1) is 15.7. The van der Waals surface area contributed by atoms with Crippen LogP contribution in [0.2, 0.25) is 5.02 Å². The van der Waals surface area contributed by atoms with Crippen molar-refractivity contribution < 1.29 is 18.1 Å². The maximum Gasteiger partial charge on any atom is 0.270 e. The first-order valence-corrected chi connectivity index (χ1v) is 8.45. The van der Waals surface area contributed by atoms with Gasteiger partial charge in [0.15, 0.2) is 9.84 Å². The minimum Gasteiger partial charge on any atom is -0.337 e. The van der Waals surface area contributed by atoms with E-state index in [0.717, 1.165) is 12.3 Å². The van der Waals surface area contributed by atoms with Crippen LogP contribution in [0.1, 0.15) is 16.8 Å². The first-order valence-electron chi connectivity index (χ1n) is 6.12. The summed E-state index contributed by atoms with van der Waals surface area (Å²) in [6.45, 7) is 0.367. The van der Waals surface area contributed by atoms with Gasteiger partial charge in [0.1, 0.15) is 0 Å². The zero-order valence-electron chi connectivity index (χ0n) is 11.2. The third-order valence-electron chi connectivity index (χ3n) is 3.43. The van der Waals surface area contributed by atoms with Crippen molar-refractivity contribution in [3.63, 3.8) is 0 Å². The van der Waals surface area contributed by atoms with Crippen molar-refractivity contribution in [3.05, 3.63) is 38.9 Å². The molecule has 7 nitrogen and oxygen atoms in total. The van der Waals surface area contributed by atoms with Crippen molar-refractivity contribution in [1.29, 1.82) is 0 Å². The average molecular weight is 333 g/mol. The lowest BCUT2D eigenvalue weighted by atomic mass is 10.2. The Morgan fingerprint density at radius 3 is 2.67 bits per heavy atom. The molecule has 0 radical (unpaired) electrons. The van der Waals surface area contributed by atoms with E-state index in [-0.39, 0.29) is 29.4 Å². The number of amides is 1. The molecule has 1 aromatic rings. The van der Waals surface area contributed by atoms with E-state index in [1.165, 1.54) is 17.0 Å². The Kier molecular flexibility index (Phi) is 4.20. The molecule has 1 aromatic carbocycles. The zero-order valence-corrected chi connectivity index (χ0v) is 12.7. The van der Waals surface area contributed by atoms with E-state index < -0.39 is 25.9 Å². The Hall–Kier alpha value is -1.67. The summed E-state index contributed by atoms with van der Waals surface area (Å²) < 4.78 is 23.0. The highest BCUT2D eigenvalue weighted by atomic mass is 35.5. The molecule has 0 bridgehead atoms. The molecule has 1 fully saturated rings. The number of nitro benzene ring substituents is 1. The number of hydrogen-bond acceptors (Lipinski definition) is 5. The fourth-order valence-corrected chi connectivity index (χ4v) is 3.41. The summed E-state index contributed by atoms with van der Waals surface area (Å²) in [6.07, 6.45) is 1.49. The van der Waals surface area contributed by atoms with Crippen LogP contribution in [-0.4, -0.2) is 48.7 Å². The number of nitro groups is 1. The topological polar surface area (TPSA) is 97.6 Å². The fraction of sp³-hybridized carbons (Fsp3) is 0.417. The number of sulfone groups is 1. The van der Waals surface area contributed by atoms with Crippen molar-refractivity contribution in [1.82, 2.24) is 4.90 Å². The summed E-state index contributed by atoms with van der Waals surface area (Å²) >= 11 is 5.91. The number of nitrogens with zero attached hydrogens (tertiary/aromatic N) is 2. The second-order valence-electron chi connectivity index (χ2n) is 4.91. The minimum absolute atomic E-state index is 0.0139. The van der Waals surface area contributed by atoms with Gasteiger partial charge >= 0.3 is 0 Å². The molecule has 114 valence electrons. The molecule has 9 heteroatoms. The molecule has 1 aliphatic rings. The number of non-ortho nitro benzene ring substituents is 1. The van der Waals surface area contributed by atoms with Gasteiger partial charge in [0, 0.05) is 31.5 Å². The number of hydrogen-bond donors (Lipinski definition) is 0. The summed E-state index contributed by atoms with van der Waals surface area (Å²) in [5.74, 6) is -0.491. The molecule has 1 saturated heterocycles. The van der Waals surface area contributed by atoms with Crippen LogP contribution in [-0.2, 0) is 9.84 Å². The van der Waals surface area contributed by atoms with Crippen molar-refractivity contribution in [2.24, 2.45) is 0 Å². The molecule has 1 atom stereocenters. The predicted octanol–water partition coefficient (Wildman–Crippen LogP) is 1.51. The maximum absolute atomic E-state index is 12.3. The molecular formula is C12H13ClN2O5S. The largest absolute Gasteiger partial charge is 0.337 e. The second kappa shape index (κ2) is 5.61. The Morgan fingerprint density at radius 2 is 2.14 bits per heavy atom. The molecule has 21 heavy (non-hydrogen) atoms. The molecule has 0 aromatic heterocycles. The molecule has 0 N–H and O–H groups in total. The van der Waals surface area contributed by atoms with Gasteiger partial charge in [-0.1, -0.05) is 11.6 Å². The predicted molar refractivity (Wildman–Crippen MR) is 77.3 cm³/mol. The highest BCUT2D eigenvalue weighted by Gasteiger charge is 2.33. The quantitative estimate of drug-likeness (QED) is 0.617. The van der Waals surface area contributed by atoms with E-state index >= 15 is 0 Å². The SMILES string of the molecule is CS(=O)(=O)C1CCN(C(=O)c2cc([N+](=O)[O-])ccc2Cl)C1. The van der Waals surface area contributed by atoms with Gasteiger partial charge in [0.05, 0.1) is 20.8 Å². The molecule has 1 aliphatic heterocycles. The third kappa shape index (κ3) is 3.33. The summed E-state index contributed by atoms with van der Waals surface area (Å²) in [7, 11) is -3.22. The number of carbonyl (C=O) groups excluding carboxylic acids is 1. The van der Waals surface area contributed by atoms with Gasteiger partial charge in [-0.15, -0.1) is 0 Å². The van der Waals surface area contributed by atoms with Crippen LogP contribution in [0.3, 0.4) is 0 Å². The van der Waals surface area contributed by atoms with Crippen LogP contribution in [0, 0.1) is 10.1 Å². The minimum atomic E-state index is -3.22. The molecule has 1 amide bonds. The smallest absolute Gasteiger partial charge is 0.270 e. The van der Waals surface area contributed by atoms with E-state index in [4.69, 9.17) is 11.6 Å². The average Bonchev–Trinajstić information content (AvgIpc) is 2.87. The molecule has 0 saturated carbocycles. The van der Waals surface area contributed by atoms with Crippen molar-refractivity contribution in [2.75, 3.05) is 19.3 Å². The number of rotatable bonds is 3. The van der Waals surface area contributed by atoms with Gasteiger partial charge in [-0.2, -0.15) is 0 Å². The number of carbonyl (C=O) groups is 1. The Labute approximate surface area is 126 Å².